The minimum atomic E-state index is -1.11. The van der Waals surface area contributed by atoms with Gasteiger partial charge >= 0.3 is 11.9 Å². The lowest BCUT2D eigenvalue weighted by Gasteiger charge is -2.60. The normalized spacial score (nSPS) is 40.3. The Labute approximate surface area is 222 Å². The summed E-state index contributed by atoms with van der Waals surface area (Å²) >= 11 is 0. The highest BCUT2D eigenvalue weighted by Crippen LogP contribution is 2.69. The second-order valence-corrected chi connectivity index (χ2v) is 13.2. The van der Waals surface area contributed by atoms with Gasteiger partial charge in [0.25, 0.3) is 0 Å². The van der Waals surface area contributed by atoms with Crippen LogP contribution in [0.3, 0.4) is 0 Å². The molecule has 6 nitrogen and oxygen atoms in total. The van der Waals surface area contributed by atoms with Gasteiger partial charge in [-0.1, -0.05) is 31.1 Å². The molecule has 0 aromatic carbocycles. The smallest absolute Gasteiger partial charge is 0.302 e. The molecular weight excluding hydrogens is 468 g/mol. The van der Waals surface area contributed by atoms with E-state index in [-0.39, 0.29) is 40.9 Å². The minimum absolute atomic E-state index is 0.0997. The highest BCUT2D eigenvalue weighted by molar-refractivity contribution is 5.91. The summed E-state index contributed by atoms with van der Waals surface area (Å²) in [6.07, 6.45) is 9.04. The zero-order valence-electron chi connectivity index (χ0n) is 23.8. The van der Waals surface area contributed by atoms with Crippen molar-refractivity contribution in [1.82, 2.24) is 0 Å². The lowest BCUT2D eigenvalue weighted by molar-refractivity contribution is -0.201. The summed E-state index contributed by atoms with van der Waals surface area (Å²) in [6, 6.07) is 0. The van der Waals surface area contributed by atoms with E-state index in [4.69, 9.17) is 9.47 Å². The Kier molecular flexibility index (Phi) is 7.57. The molecule has 9 unspecified atom stereocenters. The molecule has 0 bridgehead atoms. The fraction of sp³-hybridized carbons (Fsp3) is 0.774. The lowest BCUT2D eigenvalue weighted by Crippen LogP contribution is -2.60. The van der Waals surface area contributed by atoms with E-state index in [1.54, 1.807) is 0 Å². The first kappa shape index (κ1) is 28.1. The number of fused-ring (bicyclic) bond motifs is 5. The molecule has 37 heavy (non-hydrogen) atoms. The summed E-state index contributed by atoms with van der Waals surface area (Å²) in [5.41, 5.74) is 0.698. The number of allylic oxidation sites excluding steroid dienone is 3. The number of hydrogen-bond donors (Lipinski definition) is 1. The molecule has 0 heterocycles. The SMILES string of the molecule is CC(=O)OC1CC2C3CCC4=CC(=O)CCC4(C)C3CC(OC(C)=O)C2(C)C1C(C)(O)CCC=C(C)C. The first-order valence-corrected chi connectivity index (χ1v) is 14.1. The predicted molar refractivity (Wildman–Crippen MR) is 141 cm³/mol. The summed E-state index contributed by atoms with van der Waals surface area (Å²) in [6.45, 7) is 13.3. The van der Waals surface area contributed by atoms with Crippen LogP contribution in [0.5, 0.6) is 0 Å². The van der Waals surface area contributed by atoms with Gasteiger partial charge in [0.1, 0.15) is 12.2 Å². The first-order chi connectivity index (χ1) is 17.2. The Hall–Kier alpha value is -1.95. The molecule has 0 aliphatic heterocycles. The standard InChI is InChI=1S/C31H46O6/c1-18(2)9-8-13-30(6,35)28-26(36-19(3)32)16-25-23-11-10-21-15-22(34)12-14-29(21,5)24(23)17-27(31(25,28)7)37-20(4)33/h9,15,23-28,35H,8,10-14,16-17H2,1-7H3. The van der Waals surface area contributed by atoms with Crippen molar-refractivity contribution in [3.8, 4) is 0 Å². The fourth-order valence-electron chi connectivity index (χ4n) is 9.08. The Morgan fingerprint density at radius 1 is 1.08 bits per heavy atom. The zero-order chi connectivity index (χ0) is 27.3. The van der Waals surface area contributed by atoms with Crippen LogP contribution < -0.4 is 0 Å². The van der Waals surface area contributed by atoms with E-state index in [1.165, 1.54) is 25.0 Å². The van der Waals surface area contributed by atoms with Crippen LogP contribution in [0.15, 0.2) is 23.3 Å². The maximum Gasteiger partial charge on any atom is 0.302 e. The molecule has 0 spiro atoms. The molecule has 0 aromatic heterocycles. The maximum absolute atomic E-state index is 12.4. The number of esters is 2. The van der Waals surface area contributed by atoms with Gasteiger partial charge in [-0.2, -0.15) is 0 Å². The van der Waals surface area contributed by atoms with Crippen LogP contribution in [0, 0.1) is 34.5 Å². The van der Waals surface area contributed by atoms with E-state index in [0.717, 1.165) is 25.7 Å². The summed E-state index contributed by atoms with van der Waals surface area (Å²) in [5.74, 6) is -0.0498. The van der Waals surface area contributed by atoms with Crippen LogP contribution >= 0.6 is 0 Å². The summed E-state index contributed by atoms with van der Waals surface area (Å²) < 4.78 is 12.1. The van der Waals surface area contributed by atoms with Gasteiger partial charge in [-0.05, 0) is 95.0 Å². The van der Waals surface area contributed by atoms with Crippen molar-refractivity contribution in [3.05, 3.63) is 23.3 Å². The molecule has 0 saturated heterocycles. The number of carbonyl (C=O) groups is 3. The van der Waals surface area contributed by atoms with Crippen LogP contribution in [0.25, 0.3) is 0 Å². The van der Waals surface area contributed by atoms with Crippen molar-refractivity contribution in [3.63, 3.8) is 0 Å². The number of hydrogen-bond acceptors (Lipinski definition) is 6. The third-order valence-corrected chi connectivity index (χ3v) is 10.5. The van der Waals surface area contributed by atoms with E-state index in [0.29, 0.717) is 31.6 Å². The monoisotopic (exact) mass is 514 g/mol. The van der Waals surface area contributed by atoms with E-state index < -0.39 is 23.2 Å². The molecule has 0 amide bonds. The van der Waals surface area contributed by atoms with Crippen LogP contribution in [0.2, 0.25) is 0 Å². The van der Waals surface area contributed by atoms with Crippen molar-refractivity contribution in [2.45, 2.75) is 118 Å². The number of aliphatic hydroxyl groups is 1. The molecule has 3 fully saturated rings. The highest BCUT2D eigenvalue weighted by atomic mass is 16.6. The molecule has 6 heteroatoms. The predicted octanol–water partition coefficient (Wildman–Crippen LogP) is 5.72. The van der Waals surface area contributed by atoms with Gasteiger partial charge in [0.15, 0.2) is 5.78 Å². The van der Waals surface area contributed by atoms with Crippen molar-refractivity contribution in [2.75, 3.05) is 0 Å². The van der Waals surface area contributed by atoms with Gasteiger partial charge in [-0.25, -0.2) is 0 Å². The van der Waals surface area contributed by atoms with Gasteiger partial charge in [-0.3, -0.25) is 14.4 Å². The highest BCUT2D eigenvalue weighted by Gasteiger charge is 2.69. The average molecular weight is 515 g/mol. The van der Waals surface area contributed by atoms with Crippen LogP contribution in [-0.2, 0) is 23.9 Å². The van der Waals surface area contributed by atoms with Crippen molar-refractivity contribution in [1.29, 1.82) is 0 Å². The van der Waals surface area contributed by atoms with Crippen molar-refractivity contribution < 1.29 is 29.0 Å². The lowest BCUT2D eigenvalue weighted by atomic mass is 9.45. The fourth-order valence-corrected chi connectivity index (χ4v) is 9.08. The van der Waals surface area contributed by atoms with Crippen molar-refractivity contribution >= 4 is 17.7 Å². The van der Waals surface area contributed by atoms with E-state index >= 15 is 0 Å². The van der Waals surface area contributed by atoms with Crippen LogP contribution in [0.1, 0.15) is 99.8 Å². The number of ketones is 1. The Balaban J connectivity index is 1.79. The summed E-state index contributed by atoms with van der Waals surface area (Å²) in [5, 5.41) is 12.0. The minimum Gasteiger partial charge on any atom is -0.462 e. The van der Waals surface area contributed by atoms with Gasteiger partial charge in [0.2, 0.25) is 0 Å². The molecule has 4 aliphatic rings. The third kappa shape index (κ3) is 4.95. The average Bonchev–Trinajstić information content (AvgIpc) is 3.07. The topological polar surface area (TPSA) is 89.9 Å². The van der Waals surface area contributed by atoms with Crippen LogP contribution in [-0.4, -0.2) is 40.6 Å². The Bertz CT molecular complexity index is 1000. The zero-order valence-corrected chi connectivity index (χ0v) is 23.8. The molecule has 4 aliphatic carbocycles. The molecule has 3 saturated carbocycles. The number of carbonyl (C=O) groups excluding carboxylic acids is 3. The van der Waals surface area contributed by atoms with Gasteiger partial charge in [-0.15, -0.1) is 0 Å². The first-order valence-electron chi connectivity index (χ1n) is 14.1. The molecule has 0 aromatic rings. The van der Waals surface area contributed by atoms with Crippen molar-refractivity contribution in [2.24, 2.45) is 34.5 Å². The Morgan fingerprint density at radius 3 is 2.38 bits per heavy atom. The van der Waals surface area contributed by atoms with Gasteiger partial charge in [0.05, 0.1) is 5.60 Å². The quantitative estimate of drug-likeness (QED) is 0.360. The summed E-state index contributed by atoms with van der Waals surface area (Å²) in [7, 11) is 0. The number of ether oxygens (including phenoxy) is 2. The van der Waals surface area contributed by atoms with E-state index in [2.05, 4.69) is 19.9 Å². The van der Waals surface area contributed by atoms with E-state index in [1.807, 2.05) is 26.8 Å². The Morgan fingerprint density at radius 2 is 1.76 bits per heavy atom. The molecule has 1 N–H and O–H groups in total. The molecule has 9 atom stereocenters. The number of rotatable bonds is 6. The molecule has 4 rings (SSSR count). The summed E-state index contributed by atoms with van der Waals surface area (Å²) in [4.78, 5) is 37.0. The molecular formula is C31H46O6. The molecule has 0 radical (unpaired) electrons. The van der Waals surface area contributed by atoms with Crippen LogP contribution in [0.4, 0.5) is 0 Å². The van der Waals surface area contributed by atoms with Gasteiger partial charge < -0.3 is 14.6 Å². The van der Waals surface area contributed by atoms with Gasteiger partial charge in [0, 0.05) is 31.6 Å². The van der Waals surface area contributed by atoms with E-state index in [9.17, 15) is 19.5 Å². The molecule has 206 valence electrons. The second kappa shape index (κ2) is 9.98. The second-order valence-electron chi connectivity index (χ2n) is 13.2. The largest absolute Gasteiger partial charge is 0.462 e. The third-order valence-electron chi connectivity index (χ3n) is 10.5. The maximum atomic E-state index is 12.4.